The second kappa shape index (κ2) is 11.4. The van der Waals surface area contributed by atoms with Crippen LogP contribution >= 0.6 is 0 Å². The van der Waals surface area contributed by atoms with Crippen LogP contribution in [0, 0.1) is 0 Å². The van der Waals surface area contributed by atoms with Crippen molar-refractivity contribution in [2.45, 2.75) is 0 Å². The lowest BCUT2D eigenvalue weighted by Gasteiger charge is -2.10. The summed E-state index contributed by atoms with van der Waals surface area (Å²) >= 11 is 0. The topological polar surface area (TPSA) is 77.8 Å². The lowest BCUT2D eigenvalue weighted by molar-refractivity contribution is 0.623. The molecule has 6 heteroatoms. The van der Waals surface area contributed by atoms with Crippen molar-refractivity contribution in [2.24, 2.45) is 0 Å². The van der Waals surface area contributed by atoms with Gasteiger partial charge in [-0.2, -0.15) is 0 Å². The van der Waals surface area contributed by atoms with E-state index in [0.29, 0.717) is 34.5 Å². The molecule has 0 unspecified atom stereocenters. The maximum Gasteiger partial charge on any atom is 0.227 e. The van der Waals surface area contributed by atoms with Crippen molar-refractivity contribution in [3.63, 3.8) is 0 Å². The van der Waals surface area contributed by atoms with E-state index in [4.69, 9.17) is 28.8 Å². The molecule has 0 fully saturated rings. The van der Waals surface area contributed by atoms with Gasteiger partial charge in [-0.1, -0.05) is 127 Å². The predicted octanol–water partition coefficient (Wildman–Crippen LogP) is 11.4. The van der Waals surface area contributed by atoms with E-state index in [0.717, 1.165) is 66.1 Å². The zero-order valence-corrected chi connectivity index (χ0v) is 26.6. The Labute approximate surface area is 286 Å². The lowest BCUT2D eigenvalue weighted by Crippen LogP contribution is -2.00. The monoisotopic (exact) mass is 642 g/mol. The average Bonchev–Trinajstić information content (AvgIpc) is 3.81. The first-order valence-electron chi connectivity index (χ1n) is 16.5. The van der Waals surface area contributed by atoms with Gasteiger partial charge < -0.3 is 8.83 Å². The maximum atomic E-state index is 6.72. The minimum atomic E-state index is 0.512. The Morgan fingerprint density at radius 3 is 1.66 bits per heavy atom. The Morgan fingerprint density at radius 2 is 0.940 bits per heavy atom. The molecule has 0 aliphatic rings. The molecule has 0 bridgehead atoms. The molecular formula is C44H26N4O2. The number of hydrogen-bond acceptors (Lipinski definition) is 6. The number of hydrogen-bond donors (Lipinski definition) is 0. The van der Waals surface area contributed by atoms with E-state index in [-0.39, 0.29) is 0 Å². The van der Waals surface area contributed by atoms with Crippen molar-refractivity contribution in [1.29, 1.82) is 0 Å². The minimum Gasteiger partial charge on any atom is -0.456 e. The summed E-state index contributed by atoms with van der Waals surface area (Å²) in [6.07, 6.45) is 0. The minimum absolute atomic E-state index is 0.512. The number of aromatic nitrogens is 4. The summed E-state index contributed by atoms with van der Waals surface area (Å²) < 4.78 is 13.0. The number of rotatable bonds is 5. The van der Waals surface area contributed by atoms with Crippen molar-refractivity contribution in [1.82, 2.24) is 19.9 Å². The molecule has 3 heterocycles. The van der Waals surface area contributed by atoms with Gasteiger partial charge in [0.05, 0.1) is 0 Å². The number of para-hydroxylation sites is 1. The normalized spacial score (nSPS) is 11.6. The largest absolute Gasteiger partial charge is 0.456 e. The van der Waals surface area contributed by atoms with Gasteiger partial charge in [-0.15, -0.1) is 0 Å². The number of benzene rings is 7. The Bertz CT molecular complexity index is 2840. The van der Waals surface area contributed by atoms with Gasteiger partial charge in [-0.05, 0) is 46.8 Å². The molecule has 6 nitrogen and oxygen atoms in total. The van der Waals surface area contributed by atoms with Crippen molar-refractivity contribution >= 4 is 43.8 Å². The van der Waals surface area contributed by atoms with E-state index in [1.807, 2.05) is 103 Å². The van der Waals surface area contributed by atoms with Crippen molar-refractivity contribution in [3.05, 3.63) is 158 Å². The summed E-state index contributed by atoms with van der Waals surface area (Å²) in [5, 5.41) is 3.92. The van der Waals surface area contributed by atoms with Crippen LogP contribution in [0.4, 0.5) is 0 Å². The first-order valence-corrected chi connectivity index (χ1v) is 16.5. The van der Waals surface area contributed by atoms with E-state index < -0.39 is 0 Å². The summed E-state index contributed by atoms with van der Waals surface area (Å²) in [7, 11) is 0. The van der Waals surface area contributed by atoms with Crippen LogP contribution in [-0.2, 0) is 0 Å². The summed E-state index contributed by atoms with van der Waals surface area (Å²) in [6.45, 7) is 0. The first-order chi connectivity index (χ1) is 24.8. The highest BCUT2D eigenvalue weighted by molar-refractivity contribution is 6.26. The van der Waals surface area contributed by atoms with E-state index in [1.165, 1.54) is 0 Å². The SMILES string of the molecule is c1ccc(-c2ccc(-c3nc(-c4ccccc4)nc(-c4cc5ccc6oc7ccccc7c6c5c5oc(-c6ccccc6)nc45)n3)cc2)cc1. The smallest absolute Gasteiger partial charge is 0.227 e. The summed E-state index contributed by atoms with van der Waals surface area (Å²) in [5.74, 6) is 2.19. The number of fused-ring (bicyclic) bond motifs is 7. The van der Waals surface area contributed by atoms with Gasteiger partial charge in [0.15, 0.2) is 23.1 Å². The lowest BCUT2D eigenvalue weighted by atomic mass is 9.99. The molecule has 7 aromatic carbocycles. The summed E-state index contributed by atoms with van der Waals surface area (Å²) in [6, 6.07) is 52.9. The third-order valence-corrected chi connectivity index (χ3v) is 9.16. The van der Waals surface area contributed by atoms with Gasteiger partial charge in [0.2, 0.25) is 5.89 Å². The highest BCUT2D eigenvalue weighted by atomic mass is 16.3. The molecule has 50 heavy (non-hydrogen) atoms. The molecule has 0 aliphatic carbocycles. The van der Waals surface area contributed by atoms with Gasteiger partial charge in [-0.3, -0.25) is 0 Å². The molecule has 0 saturated carbocycles. The third-order valence-electron chi connectivity index (χ3n) is 9.16. The van der Waals surface area contributed by atoms with Gasteiger partial charge >= 0.3 is 0 Å². The van der Waals surface area contributed by atoms with E-state index in [1.54, 1.807) is 0 Å². The van der Waals surface area contributed by atoms with Crippen LogP contribution < -0.4 is 0 Å². The van der Waals surface area contributed by atoms with Crippen LogP contribution in [0.25, 0.3) is 101 Å². The van der Waals surface area contributed by atoms with E-state index in [2.05, 4.69) is 54.6 Å². The number of oxazole rings is 1. The standard InChI is InChI=1S/C44H26N4O2/c1-4-12-27(13-5-1)28-20-22-30(23-21-28)42-46-41(29-14-6-2-7-15-29)47-43(48-42)34-26-32-24-25-36-38(33-18-10-11-19-35(33)49-36)37(32)40-39(34)45-44(50-40)31-16-8-3-9-17-31/h1-26H. The molecule has 0 saturated heterocycles. The summed E-state index contributed by atoms with van der Waals surface area (Å²) in [5.41, 5.74) is 8.64. The fourth-order valence-corrected chi connectivity index (χ4v) is 6.75. The maximum absolute atomic E-state index is 6.72. The predicted molar refractivity (Wildman–Crippen MR) is 199 cm³/mol. The molecule has 10 aromatic rings. The molecule has 0 atom stereocenters. The molecular weight excluding hydrogens is 617 g/mol. The van der Waals surface area contributed by atoms with Crippen molar-refractivity contribution in [2.75, 3.05) is 0 Å². The van der Waals surface area contributed by atoms with E-state index in [9.17, 15) is 0 Å². The highest BCUT2D eigenvalue weighted by Crippen LogP contribution is 2.43. The molecule has 234 valence electrons. The van der Waals surface area contributed by atoms with Crippen molar-refractivity contribution in [3.8, 4) is 56.7 Å². The molecule has 0 aliphatic heterocycles. The highest BCUT2D eigenvalue weighted by Gasteiger charge is 2.23. The van der Waals surface area contributed by atoms with E-state index >= 15 is 0 Å². The molecule has 0 N–H and O–H groups in total. The molecule has 0 amide bonds. The van der Waals surface area contributed by atoms with Gasteiger partial charge in [-0.25, -0.2) is 19.9 Å². The van der Waals surface area contributed by atoms with Crippen LogP contribution in [0.5, 0.6) is 0 Å². The first kappa shape index (κ1) is 28.1. The van der Waals surface area contributed by atoms with Crippen LogP contribution in [-0.4, -0.2) is 19.9 Å². The van der Waals surface area contributed by atoms with Crippen LogP contribution in [0.1, 0.15) is 0 Å². The van der Waals surface area contributed by atoms with Crippen LogP contribution in [0.15, 0.2) is 167 Å². The Morgan fingerprint density at radius 1 is 0.380 bits per heavy atom. The fourth-order valence-electron chi connectivity index (χ4n) is 6.75. The van der Waals surface area contributed by atoms with Gasteiger partial charge in [0.25, 0.3) is 0 Å². The molecule has 10 rings (SSSR count). The Hall–Kier alpha value is -6.92. The third kappa shape index (κ3) is 4.65. The quantitative estimate of drug-likeness (QED) is 0.186. The second-order valence-electron chi connectivity index (χ2n) is 12.2. The molecule has 3 aromatic heterocycles. The van der Waals surface area contributed by atoms with Gasteiger partial charge in [0, 0.05) is 38.4 Å². The molecule has 0 radical (unpaired) electrons. The average molecular weight is 643 g/mol. The Balaban J connectivity index is 1.24. The number of furan rings is 1. The molecule has 0 spiro atoms. The summed E-state index contributed by atoms with van der Waals surface area (Å²) in [4.78, 5) is 20.3. The second-order valence-corrected chi connectivity index (χ2v) is 12.2. The zero-order chi connectivity index (χ0) is 33.0. The van der Waals surface area contributed by atoms with Crippen LogP contribution in [0.3, 0.4) is 0 Å². The number of nitrogens with zero attached hydrogens (tertiary/aromatic N) is 4. The zero-order valence-electron chi connectivity index (χ0n) is 26.6. The van der Waals surface area contributed by atoms with Crippen molar-refractivity contribution < 1.29 is 8.83 Å². The van der Waals surface area contributed by atoms with Gasteiger partial charge in [0.1, 0.15) is 16.7 Å². The Kier molecular flexibility index (Phi) is 6.39. The fraction of sp³-hybridized carbons (Fsp3) is 0. The van der Waals surface area contributed by atoms with Crippen LogP contribution in [0.2, 0.25) is 0 Å².